The van der Waals surface area contributed by atoms with Crippen molar-refractivity contribution in [2.75, 3.05) is 0 Å². The topological polar surface area (TPSA) is 49.7 Å². The van der Waals surface area contributed by atoms with Gasteiger partial charge in [0.2, 0.25) is 0 Å². The zero-order chi connectivity index (χ0) is 7.56. The molecule has 0 aliphatic heterocycles. The molecule has 52 valence electrons. The SMILES string of the molecule is O=Nc1ccc(Cl)c(O)c1. The van der Waals surface area contributed by atoms with Crippen LogP contribution in [0.3, 0.4) is 0 Å². The lowest BCUT2D eigenvalue weighted by molar-refractivity contribution is 0.476. The summed E-state index contributed by atoms with van der Waals surface area (Å²) in [4.78, 5) is 9.87. The van der Waals surface area contributed by atoms with Gasteiger partial charge in [-0.1, -0.05) is 11.6 Å². The average molecular weight is 158 g/mol. The molecule has 0 aliphatic rings. The Kier molecular flexibility index (Phi) is 1.87. The van der Waals surface area contributed by atoms with Gasteiger partial charge in [-0.15, -0.1) is 4.91 Å². The molecule has 0 aromatic heterocycles. The lowest BCUT2D eigenvalue weighted by Crippen LogP contribution is -1.66. The number of hydrogen-bond acceptors (Lipinski definition) is 3. The smallest absolute Gasteiger partial charge is 0.136 e. The molecule has 0 radical (unpaired) electrons. The first-order valence-corrected chi connectivity index (χ1v) is 2.93. The highest BCUT2D eigenvalue weighted by Gasteiger charge is 1.98. The summed E-state index contributed by atoms with van der Waals surface area (Å²) in [6.45, 7) is 0. The molecule has 0 spiro atoms. The largest absolute Gasteiger partial charge is 0.506 e. The number of aromatic hydroxyl groups is 1. The molecule has 0 unspecified atom stereocenters. The van der Waals surface area contributed by atoms with E-state index in [4.69, 9.17) is 16.7 Å². The third kappa shape index (κ3) is 1.25. The summed E-state index contributed by atoms with van der Waals surface area (Å²) in [6, 6.07) is 4.04. The van der Waals surface area contributed by atoms with Crippen molar-refractivity contribution in [3.63, 3.8) is 0 Å². The Morgan fingerprint density at radius 1 is 1.50 bits per heavy atom. The third-order valence-corrected chi connectivity index (χ3v) is 1.35. The average Bonchev–Trinajstić information content (AvgIpc) is 1.95. The minimum atomic E-state index is -0.126. The second kappa shape index (κ2) is 2.66. The van der Waals surface area contributed by atoms with Crippen LogP contribution < -0.4 is 0 Å². The van der Waals surface area contributed by atoms with E-state index in [1.807, 2.05) is 0 Å². The predicted octanol–water partition coefficient (Wildman–Crippen LogP) is 2.44. The molecular weight excluding hydrogens is 154 g/mol. The van der Waals surface area contributed by atoms with Crippen molar-refractivity contribution >= 4 is 17.3 Å². The Hall–Kier alpha value is -1.09. The fourth-order valence-corrected chi connectivity index (χ4v) is 0.675. The number of phenolic OH excluding ortho intramolecular Hbond substituents is 1. The Morgan fingerprint density at radius 2 is 2.20 bits per heavy atom. The lowest BCUT2D eigenvalue weighted by atomic mass is 10.3. The van der Waals surface area contributed by atoms with Gasteiger partial charge in [0.1, 0.15) is 11.4 Å². The van der Waals surface area contributed by atoms with Crippen LogP contribution in [0.15, 0.2) is 23.4 Å². The summed E-state index contributed by atoms with van der Waals surface area (Å²) >= 11 is 5.44. The zero-order valence-electron chi connectivity index (χ0n) is 4.91. The minimum Gasteiger partial charge on any atom is -0.506 e. The van der Waals surface area contributed by atoms with Crippen LogP contribution in [0.4, 0.5) is 5.69 Å². The standard InChI is InChI=1S/C6H4ClNO2/c7-5-2-1-4(8-10)3-6(5)9/h1-3,9H. The number of benzene rings is 1. The van der Waals surface area contributed by atoms with Gasteiger partial charge in [-0.25, -0.2) is 0 Å². The Labute approximate surface area is 62.2 Å². The first-order valence-electron chi connectivity index (χ1n) is 2.56. The summed E-state index contributed by atoms with van der Waals surface area (Å²) < 4.78 is 0. The Bertz CT molecular complexity index is 262. The summed E-state index contributed by atoms with van der Waals surface area (Å²) in [5.74, 6) is -0.126. The van der Waals surface area contributed by atoms with Crippen molar-refractivity contribution in [1.29, 1.82) is 0 Å². The molecule has 0 bridgehead atoms. The maximum absolute atomic E-state index is 9.87. The van der Waals surface area contributed by atoms with Crippen LogP contribution in [0.25, 0.3) is 0 Å². The number of nitroso groups, excluding NO2 is 1. The lowest BCUT2D eigenvalue weighted by Gasteiger charge is -1.93. The fourth-order valence-electron chi connectivity index (χ4n) is 0.558. The number of phenols is 1. The van der Waals surface area contributed by atoms with Gasteiger partial charge in [0.15, 0.2) is 0 Å². The molecular formula is C6H4ClNO2. The summed E-state index contributed by atoms with van der Waals surface area (Å²) in [5, 5.41) is 11.7. The van der Waals surface area contributed by atoms with Gasteiger partial charge < -0.3 is 5.11 Å². The molecule has 1 aromatic rings. The van der Waals surface area contributed by atoms with E-state index in [2.05, 4.69) is 5.18 Å². The first kappa shape index (κ1) is 7.02. The fraction of sp³-hybridized carbons (Fsp3) is 0. The Morgan fingerprint density at radius 3 is 2.70 bits per heavy atom. The number of rotatable bonds is 1. The van der Waals surface area contributed by atoms with E-state index in [0.29, 0.717) is 0 Å². The van der Waals surface area contributed by atoms with Crippen LogP contribution in [0.1, 0.15) is 0 Å². The summed E-state index contributed by atoms with van der Waals surface area (Å²) in [6.07, 6.45) is 0. The van der Waals surface area contributed by atoms with Crippen molar-refractivity contribution in [3.8, 4) is 5.75 Å². The van der Waals surface area contributed by atoms with E-state index in [1.54, 1.807) is 0 Å². The van der Waals surface area contributed by atoms with Gasteiger partial charge in [-0.2, -0.15) is 0 Å². The highest BCUT2D eigenvalue weighted by Crippen LogP contribution is 2.27. The van der Waals surface area contributed by atoms with Gasteiger partial charge >= 0.3 is 0 Å². The van der Waals surface area contributed by atoms with Crippen molar-refractivity contribution < 1.29 is 5.11 Å². The third-order valence-electron chi connectivity index (χ3n) is 1.04. The monoisotopic (exact) mass is 157 g/mol. The van der Waals surface area contributed by atoms with Crippen molar-refractivity contribution in [3.05, 3.63) is 28.1 Å². The minimum absolute atomic E-state index is 0.126. The number of hydrogen-bond donors (Lipinski definition) is 1. The quantitative estimate of drug-likeness (QED) is 0.637. The molecule has 0 atom stereocenters. The van der Waals surface area contributed by atoms with Gasteiger partial charge in [-0.3, -0.25) is 0 Å². The molecule has 0 heterocycles. The van der Waals surface area contributed by atoms with Crippen LogP contribution in [-0.4, -0.2) is 5.11 Å². The maximum Gasteiger partial charge on any atom is 0.136 e. The first-order chi connectivity index (χ1) is 4.74. The molecule has 0 saturated heterocycles. The van der Waals surface area contributed by atoms with Crippen LogP contribution in [0, 0.1) is 4.91 Å². The summed E-state index contributed by atoms with van der Waals surface area (Å²) in [7, 11) is 0. The number of halogens is 1. The van der Waals surface area contributed by atoms with E-state index < -0.39 is 0 Å². The molecule has 0 fully saturated rings. The van der Waals surface area contributed by atoms with Gasteiger partial charge in [-0.05, 0) is 17.3 Å². The molecule has 3 nitrogen and oxygen atoms in total. The maximum atomic E-state index is 9.87. The molecule has 1 aromatic carbocycles. The molecule has 0 amide bonds. The summed E-state index contributed by atoms with van der Waals surface area (Å²) in [5.41, 5.74) is 0.168. The van der Waals surface area contributed by atoms with Gasteiger partial charge in [0, 0.05) is 6.07 Å². The molecule has 1 N–H and O–H groups in total. The molecule has 10 heavy (non-hydrogen) atoms. The second-order valence-electron chi connectivity index (χ2n) is 1.73. The van der Waals surface area contributed by atoms with E-state index in [9.17, 15) is 4.91 Å². The Balaban J connectivity index is 3.16. The molecule has 1 rings (SSSR count). The number of nitrogens with zero attached hydrogens (tertiary/aromatic N) is 1. The van der Waals surface area contributed by atoms with E-state index in [0.717, 1.165) is 0 Å². The van der Waals surface area contributed by atoms with Gasteiger partial charge in [0.25, 0.3) is 0 Å². The normalized spacial score (nSPS) is 9.30. The van der Waals surface area contributed by atoms with Crippen LogP contribution in [-0.2, 0) is 0 Å². The zero-order valence-corrected chi connectivity index (χ0v) is 5.67. The van der Waals surface area contributed by atoms with E-state index >= 15 is 0 Å². The molecule has 0 aliphatic carbocycles. The van der Waals surface area contributed by atoms with E-state index in [-0.39, 0.29) is 16.5 Å². The predicted molar refractivity (Wildman–Crippen MR) is 38.6 cm³/mol. The van der Waals surface area contributed by atoms with Crippen molar-refractivity contribution in [1.82, 2.24) is 0 Å². The second-order valence-corrected chi connectivity index (χ2v) is 2.13. The van der Waals surface area contributed by atoms with E-state index in [1.165, 1.54) is 18.2 Å². The molecule has 0 saturated carbocycles. The van der Waals surface area contributed by atoms with Crippen LogP contribution in [0.2, 0.25) is 5.02 Å². The van der Waals surface area contributed by atoms with Crippen LogP contribution in [0.5, 0.6) is 5.75 Å². The highest BCUT2D eigenvalue weighted by atomic mass is 35.5. The van der Waals surface area contributed by atoms with Crippen LogP contribution >= 0.6 is 11.6 Å². The molecule has 4 heteroatoms. The highest BCUT2D eigenvalue weighted by molar-refractivity contribution is 6.32. The van der Waals surface area contributed by atoms with Gasteiger partial charge in [0.05, 0.1) is 5.02 Å². The van der Waals surface area contributed by atoms with Crippen molar-refractivity contribution in [2.24, 2.45) is 5.18 Å². The van der Waals surface area contributed by atoms with Crippen molar-refractivity contribution in [2.45, 2.75) is 0 Å².